The Morgan fingerprint density at radius 3 is 2.29 bits per heavy atom. The van der Waals surface area contributed by atoms with E-state index in [0.29, 0.717) is 24.0 Å². The number of fused-ring (bicyclic) bond motifs is 1. The first-order valence-corrected chi connectivity index (χ1v) is 10.9. The van der Waals surface area contributed by atoms with Crippen molar-refractivity contribution < 1.29 is 14.3 Å². The summed E-state index contributed by atoms with van der Waals surface area (Å²) in [7, 11) is 3.98. The molecule has 1 heterocycles. The standard InChI is InChI=1S/C23H29N3O3S.ClH/c1-6-28-18-7-9-19(10-8-18)29-15-21(27)26(12-11-25(4)5)23-24-22-17(3)13-16(2)14-20(22)30-23;/h7-10,13-14H,6,11-12,15H2,1-5H3;1H. The number of carbonyl (C=O) groups is 1. The van der Waals surface area contributed by atoms with Crippen molar-refractivity contribution in [3.8, 4) is 11.5 Å². The van der Waals surface area contributed by atoms with Crippen molar-refractivity contribution in [1.82, 2.24) is 9.88 Å². The molecule has 0 saturated carbocycles. The van der Waals surface area contributed by atoms with Gasteiger partial charge in [0.2, 0.25) is 0 Å². The van der Waals surface area contributed by atoms with Gasteiger partial charge in [0.05, 0.1) is 16.8 Å². The Morgan fingerprint density at radius 1 is 1.03 bits per heavy atom. The van der Waals surface area contributed by atoms with Gasteiger partial charge in [-0.15, -0.1) is 12.4 Å². The molecule has 0 aliphatic rings. The van der Waals surface area contributed by atoms with Crippen LogP contribution in [0.15, 0.2) is 36.4 Å². The first-order chi connectivity index (χ1) is 14.4. The predicted octanol–water partition coefficient (Wildman–Crippen LogP) is 4.71. The number of halogens is 1. The Bertz CT molecular complexity index is 1010. The SMILES string of the molecule is CCOc1ccc(OCC(=O)N(CCN(C)C)c2nc3c(C)cc(C)cc3s2)cc1.Cl. The molecule has 0 atom stereocenters. The second-order valence-corrected chi connectivity index (χ2v) is 8.48. The first-order valence-electron chi connectivity index (χ1n) is 10.1. The zero-order chi connectivity index (χ0) is 21.7. The molecule has 0 aliphatic heterocycles. The minimum Gasteiger partial charge on any atom is -0.494 e. The molecule has 1 aromatic heterocycles. The van der Waals surface area contributed by atoms with Gasteiger partial charge in [0.25, 0.3) is 5.91 Å². The minimum absolute atomic E-state index is 0. The molecular formula is C23H30ClN3O3S. The minimum atomic E-state index is -0.112. The number of amides is 1. The van der Waals surface area contributed by atoms with Gasteiger partial charge in [-0.3, -0.25) is 9.69 Å². The molecule has 3 aromatic rings. The number of nitrogens with zero attached hydrogens (tertiary/aromatic N) is 3. The van der Waals surface area contributed by atoms with Gasteiger partial charge in [0.1, 0.15) is 11.5 Å². The molecule has 31 heavy (non-hydrogen) atoms. The van der Waals surface area contributed by atoms with Crippen LogP contribution in [0.2, 0.25) is 0 Å². The third-order valence-corrected chi connectivity index (χ3v) is 5.64. The molecule has 0 spiro atoms. The van der Waals surface area contributed by atoms with Crippen LogP contribution >= 0.6 is 23.7 Å². The van der Waals surface area contributed by atoms with Crippen LogP contribution in [0.3, 0.4) is 0 Å². The molecule has 168 valence electrons. The highest BCUT2D eigenvalue weighted by atomic mass is 35.5. The Labute approximate surface area is 194 Å². The summed E-state index contributed by atoms with van der Waals surface area (Å²) in [6, 6.07) is 11.5. The van der Waals surface area contributed by atoms with Gasteiger partial charge in [0.15, 0.2) is 11.7 Å². The number of ether oxygens (including phenoxy) is 2. The normalized spacial score (nSPS) is 10.8. The van der Waals surface area contributed by atoms with Crippen LogP contribution in [0.4, 0.5) is 5.13 Å². The predicted molar refractivity (Wildman–Crippen MR) is 130 cm³/mol. The van der Waals surface area contributed by atoms with Crippen LogP contribution in [0, 0.1) is 13.8 Å². The molecule has 0 radical (unpaired) electrons. The second-order valence-electron chi connectivity index (χ2n) is 7.47. The molecule has 1 amide bonds. The Morgan fingerprint density at radius 2 is 1.68 bits per heavy atom. The zero-order valence-electron chi connectivity index (χ0n) is 18.7. The molecule has 2 aromatic carbocycles. The zero-order valence-corrected chi connectivity index (χ0v) is 20.3. The van der Waals surface area contributed by atoms with Gasteiger partial charge in [-0.05, 0) is 76.3 Å². The van der Waals surface area contributed by atoms with Crippen LogP contribution in [-0.4, -0.2) is 56.2 Å². The van der Waals surface area contributed by atoms with E-state index < -0.39 is 0 Å². The number of likely N-dealkylation sites (N-methyl/N-ethyl adjacent to an activating group) is 1. The number of aromatic nitrogens is 1. The summed E-state index contributed by atoms with van der Waals surface area (Å²) < 4.78 is 12.3. The van der Waals surface area contributed by atoms with E-state index in [9.17, 15) is 4.79 Å². The average Bonchev–Trinajstić information content (AvgIpc) is 3.11. The lowest BCUT2D eigenvalue weighted by molar-refractivity contribution is -0.120. The number of thiazole rings is 1. The first kappa shape index (κ1) is 24.9. The van der Waals surface area contributed by atoms with E-state index >= 15 is 0 Å². The maximum Gasteiger partial charge on any atom is 0.266 e. The number of benzene rings is 2. The fourth-order valence-electron chi connectivity index (χ4n) is 3.12. The summed E-state index contributed by atoms with van der Waals surface area (Å²) in [4.78, 5) is 21.6. The van der Waals surface area contributed by atoms with Crippen molar-refractivity contribution in [3.05, 3.63) is 47.5 Å². The Kier molecular flexibility index (Phi) is 9.10. The third kappa shape index (κ3) is 6.56. The summed E-state index contributed by atoms with van der Waals surface area (Å²) in [6.07, 6.45) is 0. The van der Waals surface area contributed by atoms with Crippen molar-refractivity contribution in [2.24, 2.45) is 0 Å². The molecule has 0 fully saturated rings. The van der Waals surface area contributed by atoms with E-state index in [1.807, 2.05) is 45.3 Å². The number of hydrogen-bond donors (Lipinski definition) is 0. The van der Waals surface area contributed by atoms with Gasteiger partial charge in [-0.1, -0.05) is 17.4 Å². The second kappa shape index (κ2) is 11.3. The van der Waals surface area contributed by atoms with Crippen LogP contribution in [0.25, 0.3) is 10.2 Å². The Balaban J connectivity index is 0.00000341. The van der Waals surface area contributed by atoms with E-state index in [2.05, 4.69) is 30.9 Å². The largest absolute Gasteiger partial charge is 0.494 e. The average molecular weight is 464 g/mol. The van der Waals surface area contributed by atoms with Crippen LogP contribution < -0.4 is 14.4 Å². The molecule has 8 heteroatoms. The summed E-state index contributed by atoms with van der Waals surface area (Å²) in [6.45, 7) is 7.93. The molecule has 6 nitrogen and oxygen atoms in total. The number of aryl methyl sites for hydroxylation is 2. The highest BCUT2D eigenvalue weighted by Gasteiger charge is 2.21. The molecule has 0 N–H and O–H groups in total. The number of anilines is 1. The summed E-state index contributed by atoms with van der Waals surface area (Å²) in [5.41, 5.74) is 3.27. The van der Waals surface area contributed by atoms with Gasteiger partial charge < -0.3 is 14.4 Å². The number of carbonyl (C=O) groups excluding carboxylic acids is 1. The fraction of sp³-hybridized carbons (Fsp3) is 0.391. The quantitative estimate of drug-likeness (QED) is 0.460. The molecule has 0 aliphatic carbocycles. The molecular weight excluding hydrogens is 434 g/mol. The maximum atomic E-state index is 13.1. The lowest BCUT2D eigenvalue weighted by Crippen LogP contribution is -2.39. The topological polar surface area (TPSA) is 54.9 Å². The number of hydrogen-bond acceptors (Lipinski definition) is 6. The van der Waals surface area contributed by atoms with Crippen molar-refractivity contribution in [3.63, 3.8) is 0 Å². The highest BCUT2D eigenvalue weighted by Crippen LogP contribution is 2.31. The van der Waals surface area contributed by atoms with Gasteiger partial charge in [0, 0.05) is 13.1 Å². The van der Waals surface area contributed by atoms with Crippen LogP contribution in [0.5, 0.6) is 11.5 Å². The lowest BCUT2D eigenvalue weighted by atomic mass is 10.1. The maximum absolute atomic E-state index is 13.1. The van der Waals surface area contributed by atoms with E-state index in [-0.39, 0.29) is 24.9 Å². The number of rotatable bonds is 9. The van der Waals surface area contributed by atoms with E-state index in [0.717, 1.165) is 28.1 Å². The van der Waals surface area contributed by atoms with Crippen molar-refractivity contribution in [2.75, 3.05) is 45.3 Å². The summed E-state index contributed by atoms with van der Waals surface area (Å²) in [5, 5.41) is 0.709. The van der Waals surface area contributed by atoms with Crippen molar-refractivity contribution >= 4 is 45.0 Å². The third-order valence-electron chi connectivity index (χ3n) is 4.62. The van der Waals surface area contributed by atoms with Crippen LogP contribution in [-0.2, 0) is 4.79 Å². The van der Waals surface area contributed by atoms with Gasteiger partial charge in [-0.2, -0.15) is 0 Å². The lowest BCUT2D eigenvalue weighted by Gasteiger charge is -2.22. The summed E-state index contributed by atoms with van der Waals surface area (Å²) >= 11 is 1.55. The van der Waals surface area contributed by atoms with E-state index in [1.165, 1.54) is 5.56 Å². The molecule has 0 unspecified atom stereocenters. The fourth-order valence-corrected chi connectivity index (χ4v) is 4.31. The smallest absolute Gasteiger partial charge is 0.266 e. The van der Waals surface area contributed by atoms with Crippen molar-refractivity contribution in [2.45, 2.75) is 20.8 Å². The monoisotopic (exact) mass is 463 g/mol. The van der Waals surface area contributed by atoms with Crippen LogP contribution in [0.1, 0.15) is 18.1 Å². The Hall–Kier alpha value is -2.35. The van der Waals surface area contributed by atoms with Crippen molar-refractivity contribution in [1.29, 1.82) is 0 Å². The highest BCUT2D eigenvalue weighted by molar-refractivity contribution is 7.22. The van der Waals surface area contributed by atoms with Gasteiger partial charge >= 0.3 is 0 Å². The van der Waals surface area contributed by atoms with E-state index in [4.69, 9.17) is 14.5 Å². The molecule has 0 saturated heterocycles. The summed E-state index contributed by atoms with van der Waals surface area (Å²) in [5.74, 6) is 1.30. The molecule has 0 bridgehead atoms. The van der Waals surface area contributed by atoms with E-state index in [1.54, 1.807) is 16.2 Å². The van der Waals surface area contributed by atoms with Gasteiger partial charge in [-0.25, -0.2) is 4.98 Å². The molecule has 3 rings (SSSR count).